The second-order valence-electron chi connectivity index (χ2n) is 4.00. The summed E-state index contributed by atoms with van der Waals surface area (Å²) in [5.74, 6) is 0. The third kappa shape index (κ3) is 3.77. The van der Waals surface area contributed by atoms with E-state index in [4.69, 9.17) is 0 Å². The van der Waals surface area contributed by atoms with Crippen LogP contribution in [0.15, 0.2) is 63.8 Å². The van der Waals surface area contributed by atoms with Crippen molar-refractivity contribution in [3.63, 3.8) is 0 Å². The van der Waals surface area contributed by atoms with Gasteiger partial charge >= 0.3 is 0 Å². The van der Waals surface area contributed by atoms with Crippen molar-refractivity contribution >= 4 is 26.1 Å². The Kier molecular flexibility index (Phi) is 5.95. The van der Waals surface area contributed by atoms with Crippen LogP contribution in [0.25, 0.3) is 0 Å². The molecule has 1 rings (SSSR count). The van der Waals surface area contributed by atoms with Gasteiger partial charge in [0, 0.05) is 13.1 Å². The minimum atomic E-state index is -4.44. The van der Waals surface area contributed by atoms with Gasteiger partial charge in [0.1, 0.15) is 9.79 Å². The van der Waals surface area contributed by atoms with Gasteiger partial charge in [0.05, 0.1) is 0 Å². The first-order valence-electron chi connectivity index (χ1n) is 5.96. The molecular formula is C13H14N2O5S2. The van der Waals surface area contributed by atoms with Gasteiger partial charge in [0.2, 0.25) is 10.0 Å². The number of benzene rings is 1. The topological polar surface area (TPSA) is 101 Å². The normalized spacial score (nSPS) is 11.7. The molecule has 22 heavy (non-hydrogen) atoms. The van der Waals surface area contributed by atoms with E-state index in [0.717, 1.165) is 22.5 Å². The van der Waals surface area contributed by atoms with Gasteiger partial charge in [-0.25, -0.2) is 13.2 Å². The fourth-order valence-electron chi connectivity index (χ4n) is 1.67. The maximum atomic E-state index is 12.6. The first-order chi connectivity index (χ1) is 10.3. The van der Waals surface area contributed by atoms with Crippen molar-refractivity contribution in [2.24, 2.45) is 4.40 Å². The molecule has 7 nitrogen and oxygen atoms in total. The zero-order valence-electron chi connectivity index (χ0n) is 11.5. The van der Waals surface area contributed by atoms with Crippen LogP contribution in [0.5, 0.6) is 0 Å². The van der Waals surface area contributed by atoms with Gasteiger partial charge in [-0.05, 0) is 12.1 Å². The Hall–Kier alpha value is -2.06. The highest BCUT2D eigenvalue weighted by molar-refractivity contribution is 7.92. The van der Waals surface area contributed by atoms with E-state index in [1.54, 1.807) is 0 Å². The maximum Gasteiger partial charge on any atom is 0.294 e. The summed E-state index contributed by atoms with van der Waals surface area (Å²) in [6.45, 7) is 6.87. The Morgan fingerprint density at radius 2 is 1.55 bits per heavy atom. The molecule has 0 fully saturated rings. The number of sulfonamides is 2. The van der Waals surface area contributed by atoms with Crippen LogP contribution in [0.4, 0.5) is 0 Å². The fourth-order valence-corrected chi connectivity index (χ4v) is 4.53. The van der Waals surface area contributed by atoms with Crippen LogP contribution in [0.2, 0.25) is 0 Å². The molecule has 9 heteroatoms. The first-order valence-corrected chi connectivity index (χ1v) is 8.84. The van der Waals surface area contributed by atoms with Crippen LogP contribution in [-0.2, 0) is 24.8 Å². The molecule has 0 aromatic heterocycles. The highest BCUT2D eigenvalue weighted by atomic mass is 32.2. The van der Waals surface area contributed by atoms with Crippen molar-refractivity contribution in [1.82, 2.24) is 4.31 Å². The van der Waals surface area contributed by atoms with Gasteiger partial charge in [-0.2, -0.15) is 12.7 Å². The van der Waals surface area contributed by atoms with E-state index in [-0.39, 0.29) is 13.1 Å². The first kappa shape index (κ1) is 18.0. The van der Waals surface area contributed by atoms with Gasteiger partial charge in [-0.15, -0.1) is 13.2 Å². The molecule has 0 heterocycles. The number of hydrogen-bond donors (Lipinski definition) is 0. The fraction of sp³-hybridized carbons (Fsp3) is 0.154. The number of isocyanates is 1. The Morgan fingerprint density at radius 1 is 1.05 bits per heavy atom. The molecule has 0 N–H and O–H groups in total. The lowest BCUT2D eigenvalue weighted by atomic mass is 10.4. The molecule has 0 aliphatic carbocycles. The summed E-state index contributed by atoms with van der Waals surface area (Å²) in [5, 5.41) is 0. The van der Waals surface area contributed by atoms with Gasteiger partial charge in [-0.3, -0.25) is 0 Å². The van der Waals surface area contributed by atoms with Crippen LogP contribution >= 0.6 is 0 Å². The standard InChI is InChI=1S/C13H14N2O5S2/c1-3-9-15(10-4-2)22(19,20)13-8-6-5-7-12(13)21(17,18)14-11-16/h3-8H,1-2,9-10H2. The highest BCUT2D eigenvalue weighted by Crippen LogP contribution is 2.25. The van der Waals surface area contributed by atoms with Gasteiger partial charge in [-0.1, -0.05) is 28.7 Å². The van der Waals surface area contributed by atoms with Crippen molar-refractivity contribution in [3.8, 4) is 0 Å². The second kappa shape index (κ2) is 7.28. The van der Waals surface area contributed by atoms with Crippen LogP contribution in [0.1, 0.15) is 0 Å². The predicted molar refractivity (Wildman–Crippen MR) is 80.9 cm³/mol. The molecule has 0 atom stereocenters. The summed E-state index contributed by atoms with van der Waals surface area (Å²) >= 11 is 0. The lowest BCUT2D eigenvalue weighted by molar-refractivity contribution is 0.471. The summed E-state index contributed by atoms with van der Waals surface area (Å²) in [4.78, 5) is 9.18. The number of nitrogens with zero attached hydrogens (tertiary/aromatic N) is 2. The molecule has 0 spiro atoms. The Bertz CT molecular complexity index is 812. The molecule has 0 aliphatic rings. The lowest BCUT2D eigenvalue weighted by Gasteiger charge is -2.20. The molecule has 0 radical (unpaired) electrons. The van der Waals surface area contributed by atoms with Gasteiger partial charge in [0.25, 0.3) is 16.1 Å². The zero-order chi connectivity index (χ0) is 16.8. The third-order valence-corrected chi connectivity index (χ3v) is 5.81. The van der Waals surface area contributed by atoms with E-state index in [1.807, 2.05) is 0 Å². The summed E-state index contributed by atoms with van der Waals surface area (Å²) in [6, 6.07) is 4.89. The summed E-state index contributed by atoms with van der Waals surface area (Å²) < 4.78 is 52.7. The summed E-state index contributed by atoms with van der Waals surface area (Å²) in [5.41, 5.74) is 0. The van der Waals surface area contributed by atoms with Crippen LogP contribution < -0.4 is 0 Å². The van der Waals surface area contributed by atoms with Crippen molar-refractivity contribution < 1.29 is 21.6 Å². The van der Waals surface area contributed by atoms with Crippen LogP contribution in [0, 0.1) is 0 Å². The second-order valence-corrected chi connectivity index (χ2v) is 7.48. The minimum Gasteiger partial charge on any atom is -0.210 e. The molecule has 0 bridgehead atoms. The van der Waals surface area contributed by atoms with Gasteiger partial charge < -0.3 is 0 Å². The average Bonchev–Trinajstić information content (AvgIpc) is 2.47. The van der Waals surface area contributed by atoms with Crippen LogP contribution in [0.3, 0.4) is 0 Å². The molecule has 0 saturated heterocycles. The minimum absolute atomic E-state index is 0.0281. The number of carbonyl (C=O) groups excluding carboxylic acids is 1. The monoisotopic (exact) mass is 342 g/mol. The van der Waals surface area contributed by atoms with E-state index in [0.29, 0.717) is 0 Å². The van der Waals surface area contributed by atoms with Crippen molar-refractivity contribution in [2.45, 2.75) is 9.79 Å². The smallest absolute Gasteiger partial charge is 0.210 e. The molecule has 0 aliphatic heterocycles. The van der Waals surface area contributed by atoms with Crippen molar-refractivity contribution in [1.29, 1.82) is 0 Å². The van der Waals surface area contributed by atoms with Gasteiger partial charge in [0.15, 0.2) is 0 Å². The Balaban J connectivity index is 3.59. The summed E-state index contributed by atoms with van der Waals surface area (Å²) in [7, 11) is -8.58. The van der Waals surface area contributed by atoms with E-state index in [2.05, 4.69) is 17.6 Å². The zero-order valence-corrected chi connectivity index (χ0v) is 13.2. The van der Waals surface area contributed by atoms with E-state index < -0.39 is 29.8 Å². The van der Waals surface area contributed by atoms with Crippen molar-refractivity contribution in [2.75, 3.05) is 13.1 Å². The van der Waals surface area contributed by atoms with Crippen LogP contribution in [-0.4, -0.2) is 40.3 Å². The Morgan fingerprint density at radius 3 is 2.00 bits per heavy atom. The highest BCUT2D eigenvalue weighted by Gasteiger charge is 2.30. The lowest BCUT2D eigenvalue weighted by Crippen LogP contribution is -2.32. The molecular weight excluding hydrogens is 328 g/mol. The molecule has 1 aromatic rings. The number of rotatable bonds is 8. The van der Waals surface area contributed by atoms with Crippen molar-refractivity contribution in [3.05, 3.63) is 49.6 Å². The van der Waals surface area contributed by atoms with E-state index >= 15 is 0 Å². The molecule has 1 aromatic carbocycles. The average molecular weight is 342 g/mol. The molecule has 0 unspecified atom stereocenters. The number of hydrogen-bond acceptors (Lipinski definition) is 5. The quantitative estimate of drug-likeness (QED) is 0.400. The third-order valence-electron chi connectivity index (χ3n) is 2.57. The van der Waals surface area contributed by atoms with E-state index in [9.17, 15) is 21.6 Å². The maximum absolute atomic E-state index is 12.6. The largest absolute Gasteiger partial charge is 0.294 e. The molecule has 0 amide bonds. The Labute approximate surface area is 129 Å². The predicted octanol–water partition coefficient (Wildman–Crippen LogP) is 1.07. The molecule has 118 valence electrons. The SMILES string of the molecule is C=CCN(CC=C)S(=O)(=O)c1ccccc1S(=O)(=O)N=C=O. The summed E-state index contributed by atoms with van der Waals surface area (Å²) in [6.07, 6.45) is 3.64. The van der Waals surface area contributed by atoms with E-state index in [1.165, 1.54) is 24.3 Å². The molecule has 0 saturated carbocycles.